The van der Waals surface area contributed by atoms with Gasteiger partial charge in [-0.3, -0.25) is 4.79 Å². The number of hydrogen-bond acceptors (Lipinski definition) is 2. The van der Waals surface area contributed by atoms with E-state index in [1.165, 1.54) is 0 Å². The van der Waals surface area contributed by atoms with Crippen LogP contribution >= 0.6 is 11.8 Å². The molecule has 0 aliphatic heterocycles. The highest BCUT2D eigenvalue weighted by molar-refractivity contribution is 8.01. The highest BCUT2D eigenvalue weighted by Gasteiger charge is 2.21. The first kappa shape index (κ1) is 14.8. The molecule has 1 atom stereocenters. The molecular formula is C12H25NOS. The van der Waals surface area contributed by atoms with Crippen molar-refractivity contribution in [3.05, 3.63) is 0 Å². The minimum atomic E-state index is 0.104. The van der Waals surface area contributed by atoms with Crippen LogP contribution in [0, 0.1) is 5.92 Å². The molecule has 1 N–H and O–H groups in total. The average molecular weight is 231 g/mol. The van der Waals surface area contributed by atoms with E-state index < -0.39 is 0 Å². The van der Waals surface area contributed by atoms with Crippen LogP contribution in [0.4, 0.5) is 0 Å². The summed E-state index contributed by atoms with van der Waals surface area (Å²) in [7, 11) is 0. The molecule has 3 heteroatoms. The molecule has 0 heterocycles. The monoisotopic (exact) mass is 231 g/mol. The minimum Gasteiger partial charge on any atom is -0.353 e. The van der Waals surface area contributed by atoms with Gasteiger partial charge in [-0.2, -0.15) is 0 Å². The molecule has 0 aliphatic carbocycles. The van der Waals surface area contributed by atoms with Crippen LogP contribution in [0.3, 0.4) is 0 Å². The Morgan fingerprint density at radius 2 is 1.67 bits per heavy atom. The van der Waals surface area contributed by atoms with Crippen LogP contribution in [0.15, 0.2) is 0 Å². The van der Waals surface area contributed by atoms with Gasteiger partial charge in [-0.05, 0) is 31.4 Å². The molecule has 90 valence electrons. The fourth-order valence-corrected chi connectivity index (χ4v) is 2.70. The topological polar surface area (TPSA) is 29.1 Å². The summed E-state index contributed by atoms with van der Waals surface area (Å²) in [6.45, 7) is 12.6. The third-order valence-electron chi connectivity index (χ3n) is 1.85. The van der Waals surface area contributed by atoms with Crippen molar-refractivity contribution in [1.29, 1.82) is 0 Å². The molecule has 0 rings (SSSR count). The Balaban J connectivity index is 4.27. The van der Waals surface area contributed by atoms with Gasteiger partial charge in [0, 0.05) is 6.04 Å². The second kappa shape index (κ2) is 7.15. The summed E-state index contributed by atoms with van der Waals surface area (Å²) in [5.41, 5.74) is 0. The van der Waals surface area contributed by atoms with Crippen molar-refractivity contribution in [3.8, 4) is 0 Å². The van der Waals surface area contributed by atoms with Crippen LogP contribution in [0.25, 0.3) is 0 Å². The summed E-state index contributed by atoms with van der Waals surface area (Å²) in [6.07, 6.45) is 0.960. The maximum atomic E-state index is 11.9. The largest absolute Gasteiger partial charge is 0.353 e. The van der Waals surface area contributed by atoms with Gasteiger partial charge in [-0.1, -0.05) is 27.7 Å². The summed E-state index contributed by atoms with van der Waals surface area (Å²) in [4.78, 5) is 11.9. The van der Waals surface area contributed by atoms with E-state index in [1.807, 2.05) is 13.8 Å². The van der Waals surface area contributed by atoms with Crippen LogP contribution in [0.1, 0.15) is 48.0 Å². The van der Waals surface area contributed by atoms with Gasteiger partial charge in [-0.25, -0.2) is 0 Å². The lowest BCUT2D eigenvalue weighted by molar-refractivity contribution is -0.121. The minimum absolute atomic E-state index is 0.104. The Morgan fingerprint density at radius 1 is 1.13 bits per heavy atom. The van der Waals surface area contributed by atoms with Crippen molar-refractivity contribution < 1.29 is 4.79 Å². The van der Waals surface area contributed by atoms with Crippen molar-refractivity contribution in [2.75, 3.05) is 0 Å². The molecule has 0 bridgehead atoms. The number of amides is 1. The molecule has 0 aromatic carbocycles. The van der Waals surface area contributed by atoms with Crippen LogP contribution in [-0.4, -0.2) is 22.4 Å². The molecule has 0 aliphatic rings. The number of hydrogen-bond donors (Lipinski definition) is 1. The molecule has 0 spiro atoms. The normalized spacial score (nSPS) is 13.7. The molecule has 1 unspecified atom stereocenters. The van der Waals surface area contributed by atoms with Crippen molar-refractivity contribution >= 4 is 17.7 Å². The zero-order valence-corrected chi connectivity index (χ0v) is 11.6. The summed E-state index contributed by atoms with van der Waals surface area (Å²) in [5.74, 6) is 0.761. The lowest BCUT2D eigenvalue weighted by Gasteiger charge is -2.21. The SMILES string of the molecule is CC(C)CC(SC(C)C)C(=O)NC(C)C. The second-order valence-corrected chi connectivity index (χ2v) is 6.75. The number of nitrogens with one attached hydrogen (secondary N) is 1. The average Bonchev–Trinajstić information content (AvgIpc) is 1.99. The number of carbonyl (C=O) groups excluding carboxylic acids is 1. The van der Waals surface area contributed by atoms with Gasteiger partial charge >= 0.3 is 0 Å². The standard InChI is InChI=1S/C12H25NOS/c1-8(2)7-11(15-10(5)6)12(14)13-9(3)4/h8-11H,7H2,1-6H3,(H,13,14). The first-order valence-electron chi connectivity index (χ1n) is 5.78. The molecular weight excluding hydrogens is 206 g/mol. The highest BCUT2D eigenvalue weighted by Crippen LogP contribution is 2.23. The van der Waals surface area contributed by atoms with Crippen LogP contribution in [0.2, 0.25) is 0 Å². The van der Waals surface area contributed by atoms with Gasteiger partial charge in [0.1, 0.15) is 0 Å². The Morgan fingerprint density at radius 3 is 2.00 bits per heavy atom. The van der Waals surface area contributed by atoms with E-state index in [1.54, 1.807) is 11.8 Å². The van der Waals surface area contributed by atoms with E-state index in [4.69, 9.17) is 0 Å². The third kappa shape index (κ3) is 7.71. The number of thioether (sulfide) groups is 1. The second-order valence-electron chi connectivity index (χ2n) is 4.97. The molecule has 0 fully saturated rings. The van der Waals surface area contributed by atoms with Crippen molar-refractivity contribution in [3.63, 3.8) is 0 Å². The molecule has 0 aromatic heterocycles. The maximum Gasteiger partial charge on any atom is 0.233 e. The quantitative estimate of drug-likeness (QED) is 0.761. The predicted octanol–water partition coefficient (Wildman–Crippen LogP) is 3.07. The third-order valence-corrected chi connectivity index (χ3v) is 3.12. The van der Waals surface area contributed by atoms with Gasteiger partial charge in [0.25, 0.3) is 0 Å². The van der Waals surface area contributed by atoms with Crippen LogP contribution in [0.5, 0.6) is 0 Å². The molecule has 1 amide bonds. The van der Waals surface area contributed by atoms with Gasteiger partial charge in [0.05, 0.1) is 5.25 Å². The van der Waals surface area contributed by atoms with Gasteiger partial charge in [-0.15, -0.1) is 11.8 Å². The first-order chi connectivity index (χ1) is 6.82. The Hall–Kier alpha value is -0.180. The van der Waals surface area contributed by atoms with Gasteiger partial charge in [0.2, 0.25) is 5.91 Å². The lowest BCUT2D eigenvalue weighted by Crippen LogP contribution is -2.38. The Bertz CT molecular complexity index is 180. The van der Waals surface area contributed by atoms with Gasteiger partial charge < -0.3 is 5.32 Å². The maximum absolute atomic E-state index is 11.9. The van der Waals surface area contributed by atoms with Gasteiger partial charge in [0.15, 0.2) is 0 Å². The van der Waals surface area contributed by atoms with Crippen LogP contribution in [-0.2, 0) is 4.79 Å². The smallest absolute Gasteiger partial charge is 0.233 e. The fraction of sp³-hybridized carbons (Fsp3) is 0.917. The summed E-state index contributed by atoms with van der Waals surface area (Å²) in [5, 5.41) is 3.60. The van der Waals surface area contributed by atoms with Crippen molar-refractivity contribution in [1.82, 2.24) is 5.32 Å². The molecule has 0 saturated carbocycles. The first-order valence-corrected chi connectivity index (χ1v) is 6.73. The van der Waals surface area contributed by atoms with E-state index in [-0.39, 0.29) is 17.2 Å². The lowest BCUT2D eigenvalue weighted by atomic mass is 10.1. The van der Waals surface area contributed by atoms with Crippen molar-refractivity contribution in [2.24, 2.45) is 5.92 Å². The molecule has 0 saturated heterocycles. The van der Waals surface area contributed by atoms with E-state index in [9.17, 15) is 4.79 Å². The fourth-order valence-electron chi connectivity index (χ4n) is 1.36. The van der Waals surface area contributed by atoms with Crippen molar-refractivity contribution in [2.45, 2.75) is 64.5 Å². The summed E-state index contributed by atoms with van der Waals surface area (Å²) in [6, 6.07) is 0.236. The Kier molecular flexibility index (Phi) is 7.07. The zero-order chi connectivity index (χ0) is 12.0. The summed E-state index contributed by atoms with van der Waals surface area (Å²) < 4.78 is 0. The Labute approximate surface area is 98.6 Å². The highest BCUT2D eigenvalue weighted by atomic mass is 32.2. The zero-order valence-electron chi connectivity index (χ0n) is 10.8. The van der Waals surface area contributed by atoms with Crippen LogP contribution < -0.4 is 5.32 Å². The molecule has 15 heavy (non-hydrogen) atoms. The molecule has 2 nitrogen and oxygen atoms in total. The molecule has 0 aromatic rings. The van der Waals surface area contributed by atoms with E-state index in [0.29, 0.717) is 11.2 Å². The number of rotatable bonds is 6. The number of carbonyl (C=O) groups is 1. The predicted molar refractivity (Wildman–Crippen MR) is 69.2 cm³/mol. The molecule has 0 radical (unpaired) electrons. The van der Waals surface area contributed by atoms with E-state index >= 15 is 0 Å². The van der Waals surface area contributed by atoms with E-state index in [0.717, 1.165) is 6.42 Å². The van der Waals surface area contributed by atoms with E-state index in [2.05, 4.69) is 33.0 Å². The summed E-state index contributed by atoms with van der Waals surface area (Å²) >= 11 is 1.77.